The maximum absolute atomic E-state index is 13.0. The summed E-state index contributed by atoms with van der Waals surface area (Å²) in [5.74, 6) is 1.11. The molecule has 4 rings (SSSR count). The molecule has 1 saturated carbocycles. The van der Waals surface area contributed by atoms with Crippen molar-refractivity contribution in [2.75, 3.05) is 49.2 Å². The number of carbonyl (C=O) groups excluding carboxylic acids is 1. The quantitative estimate of drug-likeness (QED) is 0.437. The third-order valence-electron chi connectivity index (χ3n) is 6.83. The predicted molar refractivity (Wildman–Crippen MR) is 138 cm³/mol. The minimum absolute atomic E-state index is 0.0729. The number of hydrogen-bond donors (Lipinski definition) is 3. The van der Waals surface area contributed by atoms with Gasteiger partial charge in [0.1, 0.15) is 0 Å². The van der Waals surface area contributed by atoms with Crippen LogP contribution in [0.25, 0.3) is 6.08 Å². The SMILES string of the molecule is CC(C)C1CC1C(=O)Nc1cc(C(=N)/C=C/c2ccccc2)c(N)cc1N1CCN(C)CC1. The summed E-state index contributed by atoms with van der Waals surface area (Å²) in [5, 5.41) is 11.8. The van der Waals surface area contributed by atoms with Crippen LogP contribution in [0.2, 0.25) is 0 Å². The van der Waals surface area contributed by atoms with Crippen molar-refractivity contribution in [2.24, 2.45) is 17.8 Å². The van der Waals surface area contributed by atoms with Crippen molar-refractivity contribution in [1.29, 1.82) is 5.41 Å². The largest absolute Gasteiger partial charge is 0.398 e. The molecule has 33 heavy (non-hydrogen) atoms. The second-order valence-corrected chi connectivity index (χ2v) is 9.64. The first kappa shape index (κ1) is 23.1. The van der Waals surface area contributed by atoms with E-state index in [9.17, 15) is 4.79 Å². The van der Waals surface area contributed by atoms with Gasteiger partial charge in [-0.25, -0.2) is 0 Å². The molecule has 6 heteroatoms. The smallest absolute Gasteiger partial charge is 0.227 e. The number of anilines is 3. The molecule has 0 aromatic heterocycles. The minimum Gasteiger partial charge on any atom is -0.398 e. The summed E-state index contributed by atoms with van der Waals surface area (Å²) < 4.78 is 0. The van der Waals surface area contributed by atoms with Gasteiger partial charge in [0.2, 0.25) is 5.91 Å². The highest BCUT2D eigenvalue weighted by Crippen LogP contribution is 2.45. The molecule has 2 aliphatic rings. The summed E-state index contributed by atoms with van der Waals surface area (Å²) in [4.78, 5) is 17.6. The van der Waals surface area contributed by atoms with E-state index in [4.69, 9.17) is 11.1 Å². The first-order valence-corrected chi connectivity index (χ1v) is 11.8. The van der Waals surface area contributed by atoms with Crippen LogP contribution in [0, 0.1) is 23.2 Å². The van der Waals surface area contributed by atoms with E-state index >= 15 is 0 Å². The molecular weight excluding hydrogens is 410 g/mol. The Morgan fingerprint density at radius 1 is 1.15 bits per heavy atom. The molecule has 4 N–H and O–H groups in total. The lowest BCUT2D eigenvalue weighted by atomic mass is 10.0. The van der Waals surface area contributed by atoms with Crippen LogP contribution in [0.15, 0.2) is 48.5 Å². The maximum atomic E-state index is 13.0. The molecule has 2 atom stereocenters. The Labute approximate surface area is 197 Å². The Morgan fingerprint density at radius 3 is 2.48 bits per heavy atom. The Balaban J connectivity index is 1.61. The van der Waals surface area contributed by atoms with E-state index < -0.39 is 0 Å². The van der Waals surface area contributed by atoms with Gasteiger partial charge in [-0.15, -0.1) is 0 Å². The van der Waals surface area contributed by atoms with Crippen molar-refractivity contribution in [3.05, 3.63) is 59.7 Å². The molecule has 1 heterocycles. The lowest BCUT2D eigenvalue weighted by molar-refractivity contribution is -0.117. The Hall–Kier alpha value is -3.12. The van der Waals surface area contributed by atoms with Crippen LogP contribution in [0.4, 0.5) is 17.1 Å². The van der Waals surface area contributed by atoms with Gasteiger partial charge in [-0.2, -0.15) is 0 Å². The molecule has 6 nitrogen and oxygen atoms in total. The van der Waals surface area contributed by atoms with E-state index in [-0.39, 0.29) is 11.8 Å². The van der Waals surface area contributed by atoms with Crippen LogP contribution in [0.5, 0.6) is 0 Å². The monoisotopic (exact) mass is 445 g/mol. The molecule has 0 spiro atoms. The number of hydrogen-bond acceptors (Lipinski definition) is 5. The molecule has 2 fully saturated rings. The average molecular weight is 446 g/mol. The van der Waals surface area contributed by atoms with E-state index in [2.05, 4.69) is 36.0 Å². The Bertz CT molecular complexity index is 1040. The zero-order valence-corrected chi connectivity index (χ0v) is 19.8. The fourth-order valence-electron chi connectivity index (χ4n) is 4.56. The Kier molecular flexibility index (Phi) is 6.84. The number of likely N-dealkylation sites (N-methyl/N-ethyl adjacent to an activating group) is 1. The van der Waals surface area contributed by atoms with Crippen molar-refractivity contribution >= 4 is 34.8 Å². The summed E-state index contributed by atoms with van der Waals surface area (Å²) in [5.41, 5.74) is 10.7. The number of nitrogen functional groups attached to an aromatic ring is 1. The van der Waals surface area contributed by atoms with Crippen molar-refractivity contribution in [3.63, 3.8) is 0 Å². The maximum Gasteiger partial charge on any atom is 0.227 e. The van der Waals surface area contributed by atoms with Crippen LogP contribution < -0.4 is 16.0 Å². The van der Waals surface area contributed by atoms with Crippen LogP contribution in [0.3, 0.4) is 0 Å². The number of nitrogens with zero attached hydrogens (tertiary/aromatic N) is 2. The summed E-state index contributed by atoms with van der Waals surface area (Å²) >= 11 is 0. The summed E-state index contributed by atoms with van der Waals surface area (Å²) in [6.45, 7) is 8.03. The van der Waals surface area contributed by atoms with Crippen molar-refractivity contribution < 1.29 is 4.79 Å². The molecule has 0 bridgehead atoms. The molecule has 2 aromatic carbocycles. The van der Waals surface area contributed by atoms with E-state index in [1.807, 2.05) is 48.5 Å². The first-order chi connectivity index (χ1) is 15.8. The van der Waals surface area contributed by atoms with Gasteiger partial charge in [0.05, 0.1) is 17.1 Å². The molecule has 1 aliphatic heterocycles. The van der Waals surface area contributed by atoms with Crippen molar-refractivity contribution in [1.82, 2.24) is 4.90 Å². The second kappa shape index (κ2) is 9.79. The summed E-state index contributed by atoms with van der Waals surface area (Å²) in [7, 11) is 2.12. The Morgan fingerprint density at radius 2 is 1.85 bits per heavy atom. The van der Waals surface area contributed by atoms with Gasteiger partial charge in [-0.05, 0) is 49.1 Å². The second-order valence-electron chi connectivity index (χ2n) is 9.64. The molecule has 2 unspecified atom stereocenters. The normalized spacial score (nSPS) is 20.9. The molecule has 1 aliphatic carbocycles. The van der Waals surface area contributed by atoms with E-state index in [0.717, 1.165) is 49.5 Å². The van der Waals surface area contributed by atoms with Crippen molar-refractivity contribution in [3.8, 4) is 0 Å². The van der Waals surface area contributed by atoms with Gasteiger partial charge in [0.15, 0.2) is 0 Å². The number of allylic oxidation sites excluding steroid dienone is 1. The first-order valence-electron chi connectivity index (χ1n) is 11.8. The standard InChI is InChI=1S/C27H35N5O/c1-18(2)20-15-21(20)27(33)30-25-16-22(23(28)10-9-19-7-5-4-6-8-19)24(29)17-26(25)32-13-11-31(3)12-14-32/h4-10,16-18,20-21,28H,11-15,29H2,1-3H3,(H,30,33)/b10-9+,28-23?. The molecule has 2 aromatic rings. The molecular formula is C27H35N5O. The van der Waals surface area contributed by atoms with E-state index in [0.29, 0.717) is 28.8 Å². The number of amides is 1. The number of nitrogens with one attached hydrogen (secondary N) is 2. The van der Waals surface area contributed by atoms with Gasteiger partial charge in [0.25, 0.3) is 0 Å². The number of carbonyl (C=O) groups is 1. The van der Waals surface area contributed by atoms with E-state index in [1.54, 1.807) is 6.08 Å². The topological polar surface area (TPSA) is 85.4 Å². The van der Waals surface area contributed by atoms with Crippen LogP contribution in [-0.2, 0) is 4.79 Å². The zero-order chi connectivity index (χ0) is 23.5. The van der Waals surface area contributed by atoms with Gasteiger partial charge < -0.3 is 26.3 Å². The number of benzene rings is 2. The predicted octanol–water partition coefficient (Wildman–Crippen LogP) is 4.33. The molecule has 0 radical (unpaired) electrons. The molecule has 174 valence electrons. The lowest BCUT2D eigenvalue weighted by Gasteiger charge is -2.35. The third kappa shape index (κ3) is 5.45. The number of nitrogens with two attached hydrogens (primary N) is 1. The number of piperazine rings is 1. The van der Waals surface area contributed by atoms with Gasteiger partial charge >= 0.3 is 0 Å². The minimum atomic E-state index is 0.0729. The van der Waals surface area contributed by atoms with Crippen molar-refractivity contribution in [2.45, 2.75) is 20.3 Å². The highest BCUT2D eigenvalue weighted by molar-refractivity contribution is 6.13. The fourth-order valence-corrected chi connectivity index (χ4v) is 4.56. The lowest BCUT2D eigenvalue weighted by Crippen LogP contribution is -2.44. The van der Waals surface area contributed by atoms with Gasteiger partial charge in [-0.1, -0.05) is 50.3 Å². The number of rotatable bonds is 7. The van der Waals surface area contributed by atoms with Crippen LogP contribution >= 0.6 is 0 Å². The average Bonchev–Trinajstić information content (AvgIpc) is 3.61. The van der Waals surface area contributed by atoms with E-state index in [1.165, 1.54) is 0 Å². The fraction of sp³-hybridized carbons (Fsp3) is 0.407. The zero-order valence-electron chi connectivity index (χ0n) is 19.8. The van der Waals surface area contributed by atoms with Crippen LogP contribution in [0.1, 0.15) is 31.4 Å². The molecule has 1 saturated heterocycles. The van der Waals surface area contributed by atoms with Gasteiger partial charge in [0, 0.05) is 43.3 Å². The summed E-state index contributed by atoms with van der Waals surface area (Å²) in [6, 6.07) is 13.7. The van der Waals surface area contributed by atoms with Crippen LogP contribution in [-0.4, -0.2) is 49.7 Å². The highest BCUT2D eigenvalue weighted by atomic mass is 16.2. The van der Waals surface area contributed by atoms with Gasteiger partial charge in [-0.3, -0.25) is 4.79 Å². The summed E-state index contributed by atoms with van der Waals surface area (Å²) in [6.07, 6.45) is 4.62. The highest BCUT2D eigenvalue weighted by Gasteiger charge is 2.44. The molecule has 1 amide bonds. The third-order valence-corrected chi connectivity index (χ3v) is 6.83.